The van der Waals surface area contributed by atoms with E-state index in [0.717, 1.165) is 23.2 Å². The van der Waals surface area contributed by atoms with E-state index < -0.39 is 0 Å². The molecule has 0 aliphatic carbocycles. The van der Waals surface area contributed by atoms with Crippen molar-refractivity contribution < 1.29 is 0 Å². The first kappa shape index (κ1) is 11.0. The average molecular weight is 200 g/mol. The Labute approximate surface area is 88.7 Å². The predicted molar refractivity (Wildman–Crippen MR) is 61.1 cm³/mol. The van der Waals surface area contributed by atoms with Crippen molar-refractivity contribution in [3.8, 4) is 11.8 Å². The van der Waals surface area contributed by atoms with Gasteiger partial charge < -0.3 is 5.73 Å². The molecule has 0 radical (unpaired) electrons. The molecule has 0 aliphatic rings. The van der Waals surface area contributed by atoms with Crippen molar-refractivity contribution in [2.75, 3.05) is 12.3 Å². The van der Waals surface area contributed by atoms with E-state index in [4.69, 9.17) is 11.3 Å². The largest absolute Gasteiger partial charge is 0.399 e. The van der Waals surface area contributed by atoms with Crippen LogP contribution in [-0.2, 0) is 6.42 Å². The van der Waals surface area contributed by atoms with Crippen molar-refractivity contribution in [3.63, 3.8) is 0 Å². The third-order valence-electron chi connectivity index (χ3n) is 1.97. The van der Waals surface area contributed by atoms with Crippen LogP contribution >= 0.6 is 0 Å². The molecule has 0 aliphatic heterocycles. The Balaban J connectivity index is 2.85. The normalized spacial score (nSPS) is 8.60. The summed E-state index contributed by atoms with van der Waals surface area (Å²) in [4.78, 5) is 2.62. The molecular formula is C11H12N4. The molecule has 76 valence electrons. The second-order valence-electron chi connectivity index (χ2n) is 2.96. The van der Waals surface area contributed by atoms with Gasteiger partial charge in [-0.15, -0.1) is 0 Å². The number of nitrogens with zero attached hydrogens (tertiary/aromatic N) is 3. The lowest BCUT2D eigenvalue weighted by Gasteiger charge is -2.02. The zero-order valence-corrected chi connectivity index (χ0v) is 8.57. The Morgan fingerprint density at radius 3 is 3.00 bits per heavy atom. The van der Waals surface area contributed by atoms with E-state index in [9.17, 15) is 0 Å². The highest BCUT2D eigenvalue weighted by atomic mass is 15.1. The van der Waals surface area contributed by atoms with Crippen molar-refractivity contribution in [2.24, 2.45) is 5.11 Å². The smallest absolute Gasteiger partial charge is 0.0880 e. The van der Waals surface area contributed by atoms with Crippen LogP contribution in [-0.4, -0.2) is 6.54 Å². The third kappa shape index (κ3) is 3.26. The first-order valence-electron chi connectivity index (χ1n) is 4.66. The van der Waals surface area contributed by atoms with E-state index in [1.807, 2.05) is 25.1 Å². The van der Waals surface area contributed by atoms with Crippen LogP contribution in [0.4, 0.5) is 5.69 Å². The lowest BCUT2D eigenvalue weighted by Crippen LogP contribution is -1.93. The summed E-state index contributed by atoms with van der Waals surface area (Å²) >= 11 is 0. The molecule has 1 rings (SSSR count). The zero-order valence-electron chi connectivity index (χ0n) is 8.57. The highest BCUT2D eigenvalue weighted by Crippen LogP contribution is 2.13. The van der Waals surface area contributed by atoms with Gasteiger partial charge in [0.25, 0.3) is 0 Å². The van der Waals surface area contributed by atoms with Crippen molar-refractivity contribution in [1.29, 1.82) is 0 Å². The monoisotopic (exact) mass is 200 g/mol. The number of aryl methyl sites for hydroxylation is 1. The molecule has 0 spiro atoms. The number of nitrogens with two attached hydrogens (primary N) is 1. The summed E-state index contributed by atoms with van der Waals surface area (Å²) in [6.45, 7) is 2.24. The molecule has 4 nitrogen and oxygen atoms in total. The van der Waals surface area contributed by atoms with Crippen LogP contribution in [0, 0.1) is 11.8 Å². The van der Waals surface area contributed by atoms with E-state index in [1.165, 1.54) is 0 Å². The molecule has 0 aromatic heterocycles. The molecule has 0 saturated heterocycles. The van der Waals surface area contributed by atoms with Gasteiger partial charge in [-0.3, -0.25) is 0 Å². The summed E-state index contributed by atoms with van der Waals surface area (Å²) in [5, 5.41) is 3.33. The van der Waals surface area contributed by atoms with Gasteiger partial charge in [0.15, 0.2) is 0 Å². The summed E-state index contributed by atoms with van der Waals surface area (Å²) < 4.78 is 0. The quantitative estimate of drug-likeness (QED) is 0.257. The molecule has 0 bridgehead atoms. The highest BCUT2D eigenvalue weighted by Gasteiger charge is 1.96. The van der Waals surface area contributed by atoms with Gasteiger partial charge in [-0.1, -0.05) is 23.9 Å². The lowest BCUT2D eigenvalue weighted by molar-refractivity contribution is 1.14. The van der Waals surface area contributed by atoms with Crippen LogP contribution in [0.1, 0.15) is 18.1 Å². The fraction of sp³-hybridized carbons (Fsp3) is 0.273. The second-order valence-corrected chi connectivity index (χ2v) is 2.96. The number of azide groups is 1. The van der Waals surface area contributed by atoms with Crippen molar-refractivity contribution in [1.82, 2.24) is 0 Å². The number of anilines is 1. The van der Waals surface area contributed by atoms with Crippen LogP contribution in [0.3, 0.4) is 0 Å². The van der Waals surface area contributed by atoms with Gasteiger partial charge in [-0.2, -0.15) is 0 Å². The molecule has 0 fully saturated rings. The van der Waals surface area contributed by atoms with E-state index in [-0.39, 0.29) is 6.54 Å². The van der Waals surface area contributed by atoms with Crippen molar-refractivity contribution >= 4 is 5.69 Å². The minimum atomic E-state index is 0.197. The Morgan fingerprint density at radius 2 is 2.33 bits per heavy atom. The van der Waals surface area contributed by atoms with Crippen LogP contribution < -0.4 is 5.73 Å². The van der Waals surface area contributed by atoms with Crippen LogP contribution in [0.5, 0.6) is 0 Å². The number of benzene rings is 1. The molecule has 0 amide bonds. The Morgan fingerprint density at radius 1 is 1.53 bits per heavy atom. The molecule has 0 unspecified atom stereocenters. The molecule has 0 heterocycles. The standard InChI is InChI=1S/C11H12N4/c1-2-10-8-9(5-6-11(10)12)4-3-7-14-15-13/h5-6,8H,2,7,12H2,1H3. The van der Waals surface area contributed by atoms with Crippen LogP contribution in [0.25, 0.3) is 10.4 Å². The SMILES string of the molecule is CCc1cc(C#CCN=[N+]=[N-])ccc1N. The predicted octanol–water partition coefficient (Wildman–Crippen LogP) is 2.49. The van der Waals surface area contributed by atoms with Gasteiger partial charge in [0.1, 0.15) is 0 Å². The van der Waals surface area contributed by atoms with E-state index >= 15 is 0 Å². The van der Waals surface area contributed by atoms with Gasteiger partial charge in [-0.05, 0) is 35.7 Å². The van der Waals surface area contributed by atoms with Gasteiger partial charge in [0, 0.05) is 16.2 Å². The molecule has 15 heavy (non-hydrogen) atoms. The fourth-order valence-electron chi connectivity index (χ4n) is 1.20. The molecule has 1 aromatic rings. The fourth-order valence-corrected chi connectivity index (χ4v) is 1.20. The molecule has 2 N–H and O–H groups in total. The van der Waals surface area contributed by atoms with Crippen LogP contribution in [0.15, 0.2) is 23.3 Å². The maximum absolute atomic E-state index is 8.06. The first-order chi connectivity index (χ1) is 7.27. The van der Waals surface area contributed by atoms with Gasteiger partial charge in [0.2, 0.25) is 0 Å². The highest BCUT2D eigenvalue weighted by molar-refractivity contribution is 5.52. The Hall–Kier alpha value is -2.11. The summed E-state index contributed by atoms with van der Waals surface area (Å²) in [5.74, 6) is 5.67. The summed E-state index contributed by atoms with van der Waals surface area (Å²) in [7, 11) is 0. The van der Waals surface area contributed by atoms with Crippen molar-refractivity contribution in [2.45, 2.75) is 13.3 Å². The summed E-state index contributed by atoms with van der Waals surface area (Å²) in [6.07, 6.45) is 0.887. The maximum Gasteiger partial charge on any atom is 0.0880 e. The van der Waals surface area contributed by atoms with Gasteiger partial charge in [-0.25, -0.2) is 0 Å². The van der Waals surface area contributed by atoms with E-state index in [0.29, 0.717) is 0 Å². The average Bonchev–Trinajstić information content (AvgIpc) is 2.26. The van der Waals surface area contributed by atoms with Gasteiger partial charge in [0.05, 0.1) is 6.54 Å². The summed E-state index contributed by atoms with van der Waals surface area (Å²) in [6, 6.07) is 5.66. The van der Waals surface area contributed by atoms with E-state index in [2.05, 4.69) is 21.9 Å². The summed E-state index contributed by atoms with van der Waals surface area (Å²) in [5.41, 5.74) is 16.6. The number of hydrogen-bond acceptors (Lipinski definition) is 2. The molecule has 0 atom stereocenters. The number of hydrogen-bond donors (Lipinski definition) is 1. The maximum atomic E-state index is 8.06. The van der Waals surface area contributed by atoms with Crippen molar-refractivity contribution in [3.05, 3.63) is 39.8 Å². The van der Waals surface area contributed by atoms with Crippen LogP contribution in [0.2, 0.25) is 0 Å². The lowest BCUT2D eigenvalue weighted by atomic mass is 10.1. The molecule has 4 heteroatoms. The number of rotatable bonds is 2. The van der Waals surface area contributed by atoms with E-state index in [1.54, 1.807) is 0 Å². The minimum Gasteiger partial charge on any atom is -0.399 e. The third-order valence-corrected chi connectivity index (χ3v) is 1.97. The topological polar surface area (TPSA) is 74.8 Å². The van der Waals surface area contributed by atoms with Gasteiger partial charge >= 0.3 is 0 Å². The Kier molecular flexibility index (Phi) is 4.08. The Bertz CT molecular complexity index is 447. The molecule has 0 saturated carbocycles. The second kappa shape index (κ2) is 5.58. The number of nitrogen functional groups attached to an aromatic ring is 1. The molecule has 1 aromatic carbocycles. The first-order valence-corrected chi connectivity index (χ1v) is 4.66. The zero-order chi connectivity index (χ0) is 11.1. The minimum absolute atomic E-state index is 0.197. The molecular weight excluding hydrogens is 188 g/mol.